The Morgan fingerprint density at radius 3 is 1.00 bits per heavy atom. The number of hydrogen-bond acceptors (Lipinski definition) is 10. The first kappa shape index (κ1) is 40.6. The van der Waals surface area contributed by atoms with E-state index in [9.17, 15) is 29.7 Å². The SMILES string of the molecule is CC(C)(COC(=O)C/C=C\CC(=O)OCC(C)(C)COC(=O)C(C#N)=C1c2ccccc2-c2ccccc21)COC(=O)C(C#N)=C1c2ccccc2-c2ccccc21. The Labute approximate surface area is 337 Å². The Kier molecular flexibility index (Phi) is 12.2. The van der Waals surface area contributed by atoms with Crippen LogP contribution in [0.4, 0.5) is 0 Å². The molecule has 0 spiro atoms. The number of ether oxygens (including phenoxy) is 4. The van der Waals surface area contributed by atoms with Gasteiger partial charge in [0.1, 0.15) is 36.5 Å². The van der Waals surface area contributed by atoms with E-state index in [-0.39, 0.29) is 50.4 Å². The number of esters is 4. The molecule has 0 radical (unpaired) electrons. The van der Waals surface area contributed by atoms with Crippen LogP contribution in [0, 0.1) is 33.5 Å². The fraction of sp³-hybridized carbons (Fsp3) is 0.250. The molecule has 0 atom stereocenters. The molecule has 2 aliphatic rings. The van der Waals surface area contributed by atoms with Crippen molar-refractivity contribution in [3.05, 3.63) is 143 Å². The zero-order valence-electron chi connectivity index (χ0n) is 32.8. The van der Waals surface area contributed by atoms with Crippen molar-refractivity contribution in [1.82, 2.24) is 0 Å². The van der Waals surface area contributed by atoms with Gasteiger partial charge >= 0.3 is 23.9 Å². The van der Waals surface area contributed by atoms with Gasteiger partial charge < -0.3 is 18.9 Å². The Morgan fingerprint density at radius 1 is 0.466 bits per heavy atom. The molecule has 0 unspecified atom stereocenters. The van der Waals surface area contributed by atoms with E-state index in [0.717, 1.165) is 44.5 Å². The van der Waals surface area contributed by atoms with E-state index in [1.807, 2.05) is 109 Å². The van der Waals surface area contributed by atoms with Gasteiger partial charge in [-0.3, -0.25) is 9.59 Å². The molecule has 0 aliphatic heterocycles. The predicted molar refractivity (Wildman–Crippen MR) is 217 cm³/mol. The molecule has 0 amide bonds. The molecule has 292 valence electrons. The summed E-state index contributed by atoms with van der Waals surface area (Å²) in [6.07, 6.45) is 2.81. The second-order valence-corrected chi connectivity index (χ2v) is 15.6. The zero-order chi connectivity index (χ0) is 41.5. The first-order valence-corrected chi connectivity index (χ1v) is 18.8. The topological polar surface area (TPSA) is 153 Å². The van der Waals surface area contributed by atoms with Gasteiger partial charge in [0.05, 0.1) is 26.1 Å². The summed E-state index contributed by atoms with van der Waals surface area (Å²) in [4.78, 5) is 51.4. The summed E-state index contributed by atoms with van der Waals surface area (Å²) in [6, 6.07) is 34.5. The van der Waals surface area contributed by atoms with Crippen LogP contribution in [0.15, 0.2) is 120 Å². The van der Waals surface area contributed by atoms with Crippen LogP contribution in [-0.4, -0.2) is 50.3 Å². The second kappa shape index (κ2) is 17.4. The maximum absolute atomic E-state index is 13.2. The summed E-state index contributed by atoms with van der Waals surface area (Å²) >= 11 is 0. The van der Waals surface area contributed by atoms with Gasteiger partial charge in [-0.25, -0.2) is 9.59 Å². The molecule has 6 rings (SSSR count). The highest BCUT2D eigenvalue weighted by atomic mass is 16.6. The van der Waals surface area contributed by atoms with E-state index in [2.05, 4.69) is 0 Å². The van der Waals surface area contributed by atoms with Crippen LogP contribution in [0.25, 0.3) is 33.4 Å². The van der Waals surface area contributed by atoms with Crippen molar-refractivity contribution in [2.24, 2.45) is 10.8 Å². The smallest absolute Gasteiger partial charge is 0.349 e. The molecule has 10 nitrogen and oxygen atoms in total. The monoisotopic (exact) mass is 774 g/mol. The van der Waals surface area contributed by atoms with Crippen LogP contribution in [-0.2, 0) is 38.1 Å². The van der Waals surface area contributed by atoms with Gasteiger partial charge in [-0.2, -0.15) is 10.5 Å². The quantitative estimate of drug-likeness (QED) is 0.0346. The van der Waals surface area contributed by atoms with E-state index < -0.39 is 34.7 Å². The Balaban J connectivity index is 0.927. The largest absolute Gasteiger partial charge is 0.465 e. The Morgan fingerprint density at radius 2 is 0.724 bits per heavy atom. The molecule has 0 aromatic heterocycles. The average molecular weight is 775 g/mol. The molecule has 2 aliphatic carbocycles. The summed E-state index contributed by atoms with van der Waals surface area (Å²) in [5.74, 6) is -2.60. The van der Waals surface area contributed by atoms with Crippen molar-refractivity contribution >= 4 is 35.0 Å². The number of carbonyl (C=O) groups excluding carboxylic acids is 4. The molecule has 0 N–H and O–H groups in total. The standard InChI is InChI=1S/C48H42N2O8/c1-47(2,29-57-45(53)39(25-49)43-35-19-9-5-15-31(35)32-16-6-10-20-36(32)43)27-55-41(51)23-13-14-24-42(52)56-28-48(3,4)30-58-46(54)40(26-50)44-37-21-11-7-17-33(37)34-18-8-12-22-38(34)44/h5-22H,23-24,27-30H2,1-4H3/b14-13-. The van der Waals surface area contributed by atoms with Crippen molar-refractivity contribution in [2.45, 2.75) is 40.5 Å². The van der Waals surface area contributed by atoms with Crippen molar-refractivity contribution in [3.8, 4) is 34.4 Å². The van der Waals surface area contributed by atoms with Gasteiger partial charge in [-0.15, -0.1) is 0 Å². The lowest BCUT2D eigenvalue weighted by Crippen LogP contribution is -2.29. The number of nitriles is 2. The molecule has 0 saturated heterocycles. The maximum atomic E-state index is 13.2. The maximum Gasteiger partial charge on any atom is 0.349 e. The van der Waals surface area contributed by atoms with Crippen molar-refractivity contribution in [3.63, 3.8) is 0 Å². The lowest BCUT2D eigenvalue weighted by Gasteiger charge is -2.23. The van der Waals surface area contributed by atoms with Gasteiger partial charge in [-0.1, -0.05) is 137 Å². The molecule has 10 heteroatoms. The first-order valence-electron chi connectivity index (χ1n) is 18.8. The summed E-state index contributed by atoms with van der Waals surface area (Å²) in [5.41, 5.74) is 6.28. The number of benzene rings is 4. The number of fused-ring (bicyclic) bond motifs is 6. The number of nitrogens with zero attached hydrogens (tertiary/aromatic N) is 2. The third-order valence-electron chi connectivity index (χ3n) is 9.67. The Bertz CT molecular complexity index is 2210. The normalized spacial score (nSPS) is 12.3. The molecule has 0 bridgehead atoms. The second-order valence-electron chi connectivity index (χ2n) is 15.6. The third kappa shape index (κ3) is 8.98. The molecular formula is C48H42N2O8. The van der Waals surface area contributed by atoms with E-state index in [0.29, 0.717) is 11.1 Å². The van der Waals surface area contributed by atoms with E-state index in [1.54, 1.807) is 27.7 Å². The minimum Gasteiger partial charge on any atom is -0.465 e. The first-order chi connectivity index (χ1) is 27.8. The van der Waals surface area contributed by atoms with Gasteiger partial charge in [0.2, 0.25) is 0 Å². The molecule has 4 aromatic carbocycles. The summed E-state index contributed by atoms with van der Waals surface area (Å²) in [6.45, 7) is 6.79. The van der Waals surface area contributed by atoms with Crippen LogP contribution in [0.2, 0.25) is 0 Å². The fourth-order valence-corrected chi connectivity index (χ4v) is 6.76. The van der Waals surface area contributed by atoms with Crippen molar-refractivity contribution in [2.75, 3.05) is 26.4 Å². The Hall–Kier alpha value is -7.04. The minimum atomic E-state index is -0.759. The summed E-state index contributed by atoms with van der Waals surface area (Å²) in [7, 11) is 0. The van der Waals surface area contributed by atoms with Crippen LogP contribution in [0.1, 0.15) is 62.8 Å². The zero-order valence-corrected chi connectivity index (χ0v) is 32.8. The fourth-order valence-electron chi connectivity index (χ4n) is 6.76. The van der Waals surface area contributed by atoms with Crippen LogP contribution >= 0.6 is 0 Å². The summed E-state index contributed by atoms with van der Waals surface area (Å²) < 4.78 is 22.0. The van der Waals surface area contributed by atoms with Gasteiger partial charge in [0, 0.05) is 22.0 Å². The number of hydrogen-bond donors (Lipinski definition) is 0. The van der Waals surface area contributed by atoms with Gasteiger partial charge in [-0.05, 0) is 44.5 Å². The highest BCUT2D eigenvalue weighted by Gasteiger charge is 2.32. The van der Waals surface area contributed by atoms with Crippen LogP contribution < -0.4 is 0 Å². The number of rotatable bonds is 14. The molecule has 0 saturated carbocycles. The molecule has 0 heterocycles. The van der Waals surface area contributed by atoms with Crippen molar-refractivity contribution in [1.29, 1.82) is 10.5 Å². The lowest BCUT2D eigenvalue weighted by molar-refractivity contribution is -0.151. The highest BCUT2D eigenvalue weighted by Crippen LogP contribution is 2.46. The molecular weight excluding hydrogens is 733 g/mol. The van der Waals surface area contributed by atoms with Crippen LogP contribution in [0.3, 0.4) is 0 Å². The highest BCUT2D eigenvalue weighted by molar-refractivity contribution is 6.13. The van der Waals surface area contributed by atoms with Crippen molar-refractivity contribution < 1.29 is 38.1 Å². The lowest BCUT2D eigenvalue weighted by atomic mass is 9.96. The van der Waals surface area contributed by atoms with Gasteiger partial charge in [0.15, 0.2) is 0 Å². The van der Waals surface area contributed by atoms with E-state index in [4.69, 9.17) is 18.9 Å². The minimum absolute atomic E-state index is 0.0493. The predicted octanol–water partition coefficient (Wildman–Crippen LogP) is 8.56. The number of carbonyl (C=O) groups is 4. The molecule has 0 fully saturated rings. The summed E-state index contributed by atoms with van der Waals surface area (Å²) in [5, 5.41) is 20.0. The van der Waals surface area contributed by atoms with E-state index >= 15 is 0 Å². The van der Waals surface area contributed by atoms with Gasteiger partial charge in [0.25, 0.3) is 0 Å². The van der Waals surface area contributed by atoms with Crippen LogP contribution in [0.5, 0.6) is 0 Å². The average Bonchev–Trinajstić information content (AvgIpc) is 3.73. The third-order valence-corrected chi connectivity index (χ3v) is 9.67. The molecule has 4 aromatic rings. The molecule has 58 heavy (non-hydrogen) atoms. The van der Waals surface area contributed by atoms with E-state index in [1.165, 1.54) is 12.2 Å².